The number of nitrogens with zero attached hydrogens (tertiary/aromatic N) is 2. The molecule has 0 spiro atoms. The van der Waals surface area contributed by atoms with Gasteiger partial charge in [-0.3, -0.25) is 5.32 Å². The summed E-state index contributed by atoms with van der Waals surface area (Å²) in [5.41, 5.74) is 1.01. The third kappa shape index (κ3) is 2.65. The number of benzene rings is 1. The molecule has 1 aromatic carbocycles. The Balaban J connectivity index is 1.69. The highest BCUT2D eigenvalue weighted by molar-refractivity contribution is 7.10. The van der Waals surface area contributed by atoms with Gasteiger partial charge < -0.3 is 10.1 Å². The van der Waals surface area contributed by atoms with E-state index in [2.05, 4.69) is 20.2 Å². The van der Waals surface area contributed by atoms with Crippen LogP contribution in [-0.2, 0) is 0 Å². The van der Waals surface area contributed by atoms with Gasteiger partial charge in [0.1, 0.15) is 10.8 Å². The second-order valence-electron chi connectivity index (χ2n) is 4.11. The number of fused-ring (bicyclic) bond motifs is 1. The first-order chi connectivity index (χ1) is 9.33. The SMILES string of the molecule is O=C(Nc1cnns1)N[C@H]1CCOc2ccccc21. The van der Waals surface area contributed by atoms with Crippen LogP contribution in [0, 0.1) is 0 Å². The summed E-state index contributed by atoms with van der Waals surface area (Å²) in [7, 11) is 0. The molecule has 0 unspecified atom stereocenters. The lowest BCUT2D eigenvalue weighted by atomic mass is 10.0. The Morgan fingerprint density at radius 2 is 2.32 bits per heavy atom. The van der Waals surface area contributed by atoms with Gasteiger partial charge in [-0.2, -0.15) is 0 Å². The van der Waals surface area contributed by atoms with E-state index >= 15 is 0 Å². The summed E-state index contributed by atoms with van der Waals surface area (Å²) in [4.78, 5) is 11.9. The fourth-order valence-corrected chi connectivity index (χ4v) is 2.44. The lowest BCUT2D eigenvalue weighted by Crippen LogP contribution is -2.35. The zero-order chi connectivity index (χ0) is 13.1. The maximum atomic E-state index is 11.9. The molecule has 2 heterocycles. The first kappa shape index (κ1) is 11.9. The van der Waals surface area contributed by atoms with Crippen LogP contribution >= 0.6 is 11.5 Å². The predicted molar refractivity (Wildman–Crippen MR) is 71.4 cm³/mol. The molecule has 2 N–H and O–H groups in total. The lowest BCUT2D eigenvalue weighted by molar-refractivity contribution is 0.232. The molecule has 0 saturated carbocycles. The Labute approximate surface area is 114 Å². The van der Waals surface area contributed by atoms with Crippen LogP contribution in [0.3, 0.4) is 0 Å². The van der Waals surface area contributed by atoms with Crippen molar-refractivity contribution in [2.24, 2.45) is 0 Å². The Morgan fingerprint density at radius 3 is 3.16 bits per heavy atom. The maximum Gasteiger partial charge on any atom is 0.320 e. The number of aromatic nitrogens is 2. The molecule has 19 heavy (non-hydrogen) atoms. The molecular weight excluding hydrogens is 264 g/mol. The topological polar surface area (TPSA) is 76.1 Å². The largest absolute Gasteiger partial charge is 0.493 e. The number of rotatable bonds is 2. The van der Waals surface area contributed by atoms with E-state index < -0.39 is 0 Å². The number of hydrogen-bond donors (Lipinski definition) is 2. The Bertz CT molecular complexity index is 573. The van der Waals surface area contributed by atoms with Gasteiger partial charge in [0.15, 0.2) is 0 Å². The van der Waals surface area contributed by atoms with Crippen molar-refractivity contribution in [3.63, 3.8) is 0 Å². The number of carbonyl (C=O) groups excluding carboxylic acids is 1. The van der Waals surface area contributed by atoms with Crippen LogP contribution in [0.2, 0.25) is 0 Å². The normalized spacial score (nSPS) is 17.2. The van der Waals surface area contributed by atoms with Crippen LogP contribution in [0.15, 0.2) is 30.5 Å². The summed E-state index contributed by atoms with van der Waals surface area (Å²) in [6.45, 7) is 0.601. The van der Waals surface area contributed by atoms with E-state index in [1.807, 2.05) is 24.3 Å². The van der Waals surface area contributed by atoms with Crippen molar-refractivity contribution >= 4 is 22.6 Å². The van der Waals surface area contributed by atoms with E-state index in [1.54, 1.807) is 0 Å². The smallest absolute Gasteiger partial charge is 0.320 e. The zero-order valence-corrected chi connectivity index (χ0v) is 10.8. The molecule has 0 bridgehead atoms. The molecule has 1 aliphatic rings. The van der Waals surface area contributed by atoms with Crippen LogP contribution in [0.5, 0.6) is 5.75 Å². The fourth-order valence-electron chi connectivity index (χ4n) is 2.02. The highest BCUT2D eigenvalue weighted by Gasteiger charge is 2.22. The van der Waals surface area contributed by atoms with Gasteiger partial charge in [-0.25, -0.2) is 4.79 Å². The number of urea groups is 1. The number of nitrogens with one attached hydrogen (secondary N) is 2. The van der Waals surface area contributed by atoms with Crippen LogP contribution in [0.4, 0.5) is 9.80 Å². The Morgan fingerprint density at radius 1 is 1.42 bits per heavy atom. The second kappa shape index (κ2) is 5.23. The van der Waals surface area contributed by atoms with E-state index in [0.29, 0.717) is 11.6 Å². The van der Waals surface area contributed by atoms with E-state index in [4.69, 9.17) is 4.74 Å². The molecule has 6 nitrogen and oxygen atoms in total. The van der Waals surface area contributed by atoms with Gasteiger partial charge in [0.2, 0.25) is 0 Å². The predicted octanol–water partition coefficient (Wildman–Crippen LogP) is 2.18. The van der Waals surface area contributed by atoms with Gasteiger partial charge in [0.05, 0.1) is 18.8 Å². The second-order valence-corrected chi connectivity index (χ2v) is 4.89. The van der Waals surface area contributed by atoms with Crippen LogP contribution in [0.1, 0.15) is 18.0 Å². The number of ether oxygens (including phenoxy) is 1. The molecule has 2 amide bonds. The molecule has 1 aromatic heterocycles. The lowest BCUT2D eigenvalue weighted by Gasteiger charge is -2.26. The van der Waals surface area contributed by atoms with Crippen LogP contribution < -0.4 is 15.4 Å². The average Bonchev–Trinajstić information content (AvgIpc) is 2.92. The van der Waals surface area contributed by atoms with E-state index in [1.165, 1.54) is 6.20 Å². The molecule has 3 rings (SSSR count). The molecule has 0 aliphatic carbocycles. The minimum absolute atomic E-state index is 0.0363. The van der Waals surface area contributed by atoms with Crippen molar-refractivity contribution < 1.29 is 9.53 Å². The minimum Gasteiger partial charge on any atom is -0.493 e. The number of amides is 2. The first-order valence-electron chi connectivity index (χ1n) is 5.89. The van der Waals surface area contributed by atoms with Crippen molar-refractivity contribution in [2.45, 2.75) is 12.5 Å². The summed E-state index contributed by atoms with van der Waals surface area (Å²) in [6, 6.07) is 7.44. The van der Waals surface area contributed by atoms with E-state index in [0.717, 1.165) is 29.3 Å². The average molecular weight is 276 g/mol. The van der Waals surface area contributed by atoms with Gasteiger partial charge in [-0.1, -0.05) is 22.7 Å². The Kier molecular flexibility index (Phi) is 3.28. The van der Waals surface area contributed by atoms with Gasteiger partial charge in [0, 0.05) is 23.5 Å². The summed E-state index contributed by atoms with van der Waals surface area (Å²) in [5, 5.41) is 9.92. The van der Waals surface area contributed by atoms with Crippen molar-refractivity contribution in [3.05, 3.63) is 36.0 Å². The zero-order valence-electron chi connectivity index (χ0n) is 10.00. The summed E-state index contributed by atoms with van der Waals surface area (Å²) >= 11 is 1.14. The maximum absolute atomic E-state index is 11.9. The molecule has 0 saturated heterocycles. The summed E-state index contributed by atoms with van der Waals surface area (Å²) in [5.74, 6) is 0.832. The molecule has 0 radical (unpaired) electrons. The van der Waals surface area contributed by atoms with Crippen molar-refractivity contribution in [1.29, 1.82) is 0 Å². The third-order valence-electron chi connectivity index (χ3n) is 2.86. The van der Waals surface area contributed by atoms with Crippen LogP contribution in [0.25, 0.3) is 0 Å². The molecule has 0 fully saturated rings. The molecule has 1 atom stereocenters. The number of hydrogen-bond acceptors (Lipinski definition) is 5. The van der Waals surface area contributed by atoms with Crippen molar-refractivity contribution in [2.75, 3.05) is 11.9 Å². The Hall–Kier alpha value is -2.15. The third-order valence-corrected chi connectivity index (χ3v) is 3.44. The summed E-state index contributed by atoms with van der Waals surface area (Å²) in [6.07, 6.45) is 2.27. The molecular formula is C12H12N4O2S. The molecule has 1 aliphatic heterocycles. The van der Waals surface area contributed by atoms with Crippen LogP contribution in [-0.4, -0.2) is 22.2 Å². The van der Waals surface area contributed by atoms with Gasteiger partial charge in [0.25, 0.3) is 0 Å². The minimum atomic E-state index is -0.257. The first-order valence-corrected chi connectivity index (χ1v) is 6.67. The number of carbonyl (C=O) groups is 1. The van der Waals surface area contributed by atoms with Crippen molar-refractivity contribution in [1.82, 2.24) is 14.9 Å². The summed E-state index contributed by atoms with van der Waals surface area (Å²) < 4.78 is 9.24. The number of anilines is 1. The van der Waals surface area contributed by atoms with Gasteiger partial charge >= 0.3 is 6.03 Å². The van der Waals surface area contributed by atoms with Gasteiger partial charge in [-0.15, -0.1) is 5.10 Å². The number of para-hydroxylation sites is 1. The standard InChI is InChI=1S/C12H12N4O2S/c17-12(15-11-7-13-16-19-11)14-9-5-6-18-10-4-2-1-3-8(9)10/h1-4,7,9H,5-6H2,(H2,14,15,17)/t9-/m0/s1. The highest BCUT2D eigenvalue weighted by Crippen LogP contribution is 2.31. The monoisotopic (exact) mass is 276 g/mol. The molecule has 2 aromatic rings. The quantitative estimate of drug-likeness (QED) is 0.881. The van der Waals surface area contributed by atoms with Crippen molar-refractivity contribution in [3.8, 4) is 5.75 Å². The van der Waals surface area contributed by atoms with E-state index in [-0.39, 0.29) is 12.1 Å². The van der Waals surface area contributed by atoms with E-state index in [9.17, 15) is 4.79 Å². The highest BCUT2D eigenvalue weighted by atomic mass is 32.1. The molecule has 98 valence electrons. The van der Waals surface area contributed by atoms with Gasteiger partial charge in [-0.05, 0) is 6.07 Å². The molecule has 7 heteroatoms. The fraction of sp³-hybridized carbons (Fsp3) is 0.250.